The molecule has 2 rings (SSSR count). The lowest BCUT2D eigenvalue weighted by Crippen LogP contribution is -2.46. The van der Waals surface area contributed by atoms with E-state index in [-0.39, 0.29) is 28.0 Å². The maximum Gasteiger partial charge on any atom is 0.390 e. The topological polar surface area (TPSA) is 15.3 Å². The molecule has 126 valence electrons. The summed E-state index contributed by atoms with van der Waals surface area (Å²) < 4.78 is 52.7. The van der Waals surface area contributed by atoms with Crippen LogP contribution in [0.1, 0.15) is 18.0 Å². The van der Waals surface area contributed by atoms with Crippen molar-refractivity contribution in [3.05, 3.63) is 33.6 Å². The monoisotopic (exact) mass is 380 g/mol. The average molecular weight is 382 g/mol. The predicted octanol–water partition coefficient (Wildman–Crippen LogP) is 4.45. The highest BCUT2D eigenvalue weighted by atomic mass is 35.5. The fourth-order valence-corrected chi connectivity index (χ4v) is 2.92. The Labute approximate surface area is 142 Å². The van der Waals surface area contributed by atoms with E-state index in [2.05, 4.69) is 5.32 Å². The second kappa shape index (κ2) is 8.02. The van der Waals surface area contributed by atoms with Gasteiger partial charge in [0.05, 0.1) is 16.5 Å². The SMILES string of the molecule is Cl.Fc1ccc(Cl)c(Cl)c1[C@H](CC(F)(F)F)N1CCNCC1. The Balaban J connectivity index is 0.00000242. The van der Waals surface area contributed by atoms with Gasteiger partial charge in [-0.25, -0.2) is 4.39 Å². The Hall–Kier alpha value is -0.270. The zero-order valence-electron chi connectivity index (χ0n) is 11.4. The summed E-state index contributed by atoms with van der Waals surface area (Å²) in [5.41, 5.74) is -0.177. The van der Waals surface area contributed by atoms with Gasteiger partial charge in [-0.2, -0.15) is 13.2 Å². The smallest absolute Gasteiger partial charge is 0.314 e. The number of piperazine rings is 1. The van der Waals surface area contributed by atoms with Gasteiger partial charge in [0.25, 0.3) is 0 Å². The zero-order chi connectivity index (χ0) is 15.6. The van der Waals surface area contributed by atoms with Gasteiger partial charge in [0.2, 0.25) is 0 Å². The van der Waals surface area contributed by atoms with Crippen molar-refractivity contribution in [3.63, 3.8) is 0 Å². The summed E-state index contributed by atoms with van der Waals surface area (Å²) in [5.74, 6) is -0.766. The van der Waals surface area contributed by atoms with Gasteiger partial charge >= 0.3 is 6.18 Å². The normalized spacial score (nSPS) is 17.9. The molecule has 0 unspecified atom stereocenters. The number of hydrogen-bond donors (Lipinski definition) is 1. The lowest BCUT2D eigenvalue weighted by molar-refractivity contribution is -0.149. The Morgan fingerprint density at radius 2 is 1.77 bits per heavy atom. The van der Waals surface area contributed by atoms with E-state index in [9.17, 15) is 17.6 Å². The Bertz CT molecular complexity index is 505. The van der Waals surface area contributed by atoms with Gasteiger partial charge in [-0.3, -0.25) is 4.90 Å². The highest BCUT2D eigenvalue weighted by Gasteiger charge is 2.38. The first-order chi connectivity index (χ1) is 9.79. The van der Waals surface area contributed by atoms with Crippen molar-refractivity contribution < 1.29 is 17.6 Å². The lowest BCUT2D eigenvalue weighted by Gasteiger charge is -2.36. The van der Waals surface area contributed by atoms with Crippen LogP contribution in [0.25, 0.3) is 0 Å². The van der Waals surface area contributed by atoms with Crippen LogP contribution < -0.4 is 5.32 Å². The van der Waals surface area contributed by atoms with Gasteiger partial charge in [0.1, 0.15) is 5.82 Å². The summed E-state index contributed by atoms with van der Waals surface area (Å²) >= 11 is 11.8. The van der Waals surface area contributed by atoms with E-state index in [1.54, 1.807) is 4.90 Å². The van der Waals surface area contributed by atoms with Crippen LogP contribution >= 0.6 is 35.6 Å². The fourth-order valence-electron chi connectivity index (χ4n) is 2.47. The molecule has 9 heteroatoms. The molecule has 0 saturated carbocycles. The molecule has 1 saturated heterocycles. The standard InChI is InChI=1S/C13H14Cl2F4N2.ClH/c14-8-1-2-9(16)11(12(8)15)10(7-13(17,18)19)21-5-3-20-4-6-21;/h1-2,10,20H,3-7H2;1H/t10-;/m0./s1. The molecule has 0 amide bonds. The van der Waals surface area contributed by atoms with Crippen LogP contribution in [0.5, 0.6) is 0 Å². The van der Waals surface area contributed by atoms with E-state index in [0.29, 0.717) is 26.2 Å². The second-order valence-electron chi connectivity index (χ2n) is 4.88. The first-order valence-electron chi connectivity index (χ1n) is 6.44. The number of benzene rings is 1. The highest BCUT2D eigenvalue weighted by molar-refractivity contribution is 6.42. The van der Waals surface area contributed by atoms with Gasteiger partial charge < -0.3 is 5.32 Å². The van der Waals surface area contributed by atoms with Crippen LogP contribution in [0.4, 0.5) is 17.6 Å². The third-order valence-electron chi connectivity index (χ3n) is 3.43. The Morgan fingerprint density at radius 3 is 2.32 bits per heavy atom. The van der Waals surface area contributed by atoms with Crippen molar-refractivity contribution in [2.45, 2.75) is 18.6 Å². The highest BCUT2D eigenvalue weighted by Crippen LogP contribution is 2.40. The van der Waals surface area contributed by atoms with Crippen molar-refractivity contribution in [2.75, 3.05) is 26.2 Å². The van der Waals surface area contributed by atoms with E-state index in [0.717, 1.165) is 6.07 Å². The third kappa shape index (κ3) is 4.86. The molecule has 1 atom stereocenters. The molecular weight excluding hydrogens is 367 g/mol. The summed E-state index contributed by atoms with van der Waals surface area (Å²) in [6.45, 7) is 1.88. The van der Waals surface area contributed by atoms with Crippen molar-refractivity contribution in [3.8, 4) is 0 Å². The molecule has 2 nitrogen and oxygen atoms in total. The molecule has 0 bridgehead atoms. The summed E-state index contributed by atoms with van der Waals surface area (Å²) in [5, 5.41) is 2.95. The first kappa shape index (κ1) is 19.8. The molecule has 1 aromatic rings. The first-order valence-corrected chi connectivity index (χ1v) is 7.20. The third-order valence-corrected chi connectivity index (χ3v) is 4.25. The van der Waals surface area contributed by atoms with Crippen molar-refractivity contribution in [1.29, 1.82) is 0 Å². The molecule has 1 N–H and O–H groups in total. The number of nitrogens with one attached hydrogen (secondary N) is 1. The Morgan fingerprint density at radius 1 is 1.18 bits per heavy atom. The molecule has 0 aromatic heterocycles. The molecule has 0 aliphatic carbocycles. The largest absolute Gasteiger partial charge is 0.390 e. The molecule has 1 fully saturated rings. The van der Waals surface area contributed by atoms with Crippen LogP contribution in [0.3, 0.4) is 0 Å². The van der Waals surface area contributed by atoms with Crippen LogP contribution in [0.2, 0.25) is 10.0 Å². The molecule has 1 aliphatic rings. The van der Waals surface area contributed by atoms with Gasteiger partial charge in [-0.1, -0.05) is 23.2 Å². The van der Waals surface area contributed by atoms with Gasteiger partial charge in [-0.05, 0) is 12.1 Å². The van der Waals surface area contributed by atoms with Crippen molar-refractivity contribution in [1.82, 2.24) is 10.2 Å². The zero-order valence-corrected chi connectivity index (χ0v) is 13.7. The molecule has 1 aliphatic heterocycles. The number of nitrogens with zero attached hydrogens (tertiary/aromatic N) is 1. The van der Waals surface area contributed by atoms with Gasteiger partial charge in [0.15, 0.2) is 0 Å². The summed E-state index contributed by atoms with van der Waals surface area (Å²) in [6, 6.07) is 1.12. The van der Waals surface area contributed by atoms with Crippen molar-refractivity contribution in [2.24, 2.45) is 0 Å². The Kier molecular flexibility index (Phi) is 7.20. The molecular formula is C13H15Cl3F4N2. The van der Waals surface area contributed by atoms with E-state index in [1.807, 2.05) is 0 Å². The van der Waals surface area contributed by atoms with Gasteiger partial charge in [-0.15, -0.1) is 12.4 Å². The van der Waals surface area contributed by atoms with E-state index in [4.69, 9.17) is 23.2 Å². The molecule has 1 aromatic carbocycles. The average Bonchev–Trinajstić information content (AvgIpc) is 2.42. The van der Waals surface area contributed by atoms with Crippen LogP contribution in [0.15, 0.2) is 12.1 Å². The van der Waals surface area contributed by atoms with Crippen LogP contribution in [-0.4, -0.2) is 37.3 Å². The van der Waals surface area contributed by atoms with E-state index >= 15 is 0 Å². The molecule has 22 heavy (non-hydrogen) atoms. The number of alkyl halides is 3. The van der Waals surface area contributed by atoms with Crippen LogP contribution in [0, 0.1) is 5.82 Å². The lowest BCUT2D eigenvalue weighted by atomic mass is 10.00. The quantitative estimate of drug-likeness (QED) is 0.614. The molecule has 1 heterocycles. The summed E-state index contributed by atoms with van der Waals surface area (Å²) in [4.78, 5) is 1.59. The predicted molar refractivity (Wildman–Crippen MR) is 81.5 cm³/mol. The van der Waals surface area contributed by atoms with Crippen molar-refractivity contribution >= 4 is 35.6 Å². The number of halogens is 7. The van der Waals surface area contributed by atoms with Crippen LogP contribution in [-0.2, 0) is 0 Å². The molecule has 0 radical (unpaired) electrons. The number of hydrogen-bond acceptors (Lipinski definition) is 2. The minimum Gasteiger partial charge on any atom is -0.314 e. The van der Waals surface area contributed by atoms with E-state index in [1.165, 1.54) is 6.07 Å². The summed E-state index contributed by atoms with van der Waals surface area (Å²) in [7, 11) is 0. The summed E-state index contributed by atoms with van der Waals surface area (Å²) in [6.07, 6.45) is -5.59. The second-order valence-corrected chi connectivity index (χ2v) is 5.66. The van der Waals surface area contributed by atoms with E-state index < -0.39 is 24.5 Å². The fraction of sp³-hybridized carbons (Fsp3) is 0.538. The van der Waals surface area contributed by atoms with Gasteiger partial charge in [0, 0.05) is 37.8 Å². The minimum absolute atomic E-state index is 0. The number of rotatable bonds is 3. The maximum absolute atomic E-state index is 14.1. The molecule has 0 spiro atoms. The minimum atomic E-state index is -4.42. The maximum atomic E-state index is 14.1.